The van der Waals surface area contributed by atoms with Gasteiger partial charge in [-0.15, -0.1) is 0 Å². The number of ether oxygens (including phenoxy) is 1. The molecule has 0 atom stereocenters. The van der Waals surface area contributed by atoms with E-state index in [0.717, 1.165) is 18.7 Å². The summed E-state index contributed by atoms with van der Waals surface area (Å²) in [5.74, 6) is 0.477. The van der Waals surface area contributed by atoms with Gasteiger partial charge in [-0.3, -0.25) is 4.79 Å². The third-order valence-corrected chi connectivity index (χ3v) is 3.39. The Balaban J connectivity index is 2.58. The smallest absolute Gasteiger partial charge is 0.260 e. The van der Waals surface area contributed by atoms with E-state index in [0.29, 0.717) is 10.8 Å². The number of halogens is 1. The van der Waals surface area contributed by atoms with Crippen LogP contribution in [0.15, 0.2) is 18.2 Å². The van der Waals surface area contributed by atoms with E-state index in [9.17, 15) is 4.79 Å². The Hall–Kier alpha value is -1.26. The molecule has 5 heteroatoms. The Morgan fingerprint density at radius 3 is 2.70 bits per heavy atom. The van der Waals surface area contributed by atoms with Crippen LogP contribution in [0.25, 0.3) is 0 Å². The zero-order valence-corrected chi connectivity index (χ0v) is 13.3. The van der Waals surface area contributed by atoms with Gasteiger partial charge in [0.15, 0.2) is 6.61 Å². The lowest BCUT2D eigenvalue weighted by atomic mass is 10.2. The first-order valence-electron chi connectivity index (χ1n) is 6.83. The van der Waals surface area contributed by atoms with Crippen LogP contribution in [0, 0.1) is 0 Å². The van der Waals surface area contributed by atoms with Crippen molar-refractivity contribution in [1.29, 1.82) is 0 Å². The number of hydrogen-bond acceptors (Lipinski definition) is 3. The minimum absolute atomic E-state index is 0.000949. The summed E-state index contributed by atoms with van der Waals surface area (Å²) in [5.41, 5.74) is 1.09. The molecular formula is C15H23ClN2O2. The molecule has 0 heterocycles. The van der Waals surface area contributed by atoms with E-state index < -0.39 is 0 Å². The van der Waals surface area contributed by atoms with Crippen LogP contribution in [0.2, 0.25) is 5.02 Å². The second-order valence-corrected chi connectivity index (χ2v) is 5.34. The highest BCUT2D eigenvalue weighted by Crippen LogP contribution is 2.25. The fraction of sp³-hybridized carbons (Fsp3) is 0.533. The highest BCUT2D eigenvalue weighted by molar-refractivity contribution is 6.32. The topological polar surface area (TPSA) is 41.6 Å². The van der Waals surface area contributed by atoms with Crippen molar-refractivity contribution in [2.45, 2.75) is 33.4 Å². The van der Waals surface area contributed by atoms with Gasteiger partial charge in [0, 0.05) is 19.6 Å². The molecule has 0 fully saturated rings. The van der Waals surface area contributed by atoms with Crippen molar-refractivity contribution < 1.29 is 9.53 Å². The molecule has 0 aromatic heterocycles. The number of rotatable bonds is 7. The maximum Gasteiger partial charge on any atom is 0.260 e. The second kappa shape index (κ2) is 8.12. The number of carbonyl (C=O) groups is 1. The molecule has 0 aliphatic carbocycles. The summed E-state index contributed by atoms with van der Waals surface area (Å²) < 4.78 is 5.49. The molecule has 0 saturated carbocycles. The van der Waals surface area contributed by atoms with E-state index >= 15 is 0 Å². The first-order valence-corrected chi connectivity index (χ1v) is 7.21. The zero-order chi connectivity index (χ0) is 15.1. The second-order valence-electron chi connectivity index (χ2n) is 4.93. The Morgan fingerprint density at radius 2 is 2.15 bits per heavy atom. The average Bonchev–Trinajstić information content (AvgIpc) is 2.42. The lowest BCUT2D eigenvalue weighted by molar-refractivity contribution is -0.133. The van der Waals surface area contributed by atoms with E-state index in [2.05, 4.69) is 12.2 Å². The van der Waals surface area contributed by atoms with Gasteiger partial charge in [0.25, 0.3) is 5.91 Å². The van der Waals surface area contributed by atoms with E-state index in [1.54, 1.807) is 18.0 Å². The molecule has 1 rings (SSSR count). The molecule has 112 valence electrons. The average molecular weight is 299 g/mol. The molecule has 1 amide bonds. The van der Waals surface area contributed by atoms with Gasteiger partial charge >= 0.3 is 0 Å². The quantitative estimate of drug-likeness (QED) is 0.841. The molecule has 0 unspecified atom stereocenters. The number of amides is 1. The SMILES string of the molecule is CCNCc1ccc(OCC(=O)N(C)C(C)C)c(Cl)c1. The van der Waals surface area contributed by atoms with Gasteiger partial charge < -0.3 is 15.0 Å². The Bertz CT molecular complexity index is 449. The van der Waals surface area contributed by atoms with Crippen LogP contribution in [-0.4, -0.2) is 37.0 Å². The Kier molecular flexibility index (Phi) is 6.82. The van der Waals surface area contributed by atoms with Crippen LogP contribution in [-0.2, 0) is 11.3 Å². The monoisotopic (exact) mass is 298 g/mol. The van der Waals surface area contributed by atoms with Crippen LogP contribution in [0.1, 0.15) is 26.3 Å². The summed E-state index contributed by atoms with van der Waals surface area (Å²) in [4.78, 5) is 13.5. The summed E-state index contributed by atoms with van der Waals surface area (Å²) in [6.45, 7) is 7.65. The molecule has 0 radical (unpaired) electrons. The highest BCUT2D eigenvalue weighted by atomic mass is 35.5. The van der Waals surface area contributed by atoms with Gasteiger partial charge in [-0.2, -0.15) is 0 Å². The predicted molar refractivity (Wildman–Crippen MR) is 82.2 cm³/mol. The third kappa shape index (κ3) is 5.02. The number of hydrogen-bond donors (Lipinski definition) is 1. The van der Waals surface area contributed by atoms with Crippen LogP contribution in [0.4, 0.5) is 0 Å². The van der Waals surface area contributed by atoms with E-state index in [4.69, 9.17) is 16.3 Å². The van der Waals surface area contributed by atoms with Crippen molar-refractivity contribution >= 4 is 17.5 Å². The van der Waals surface area contributed by atoms with Gasteiger partial charge in [-0.25, -0.2) is 0 Å². The van der Waals surface area contributed by atoms with Crippen LogP contribution < -0.4 is 10.1 Å². The number of likely N-dealkylation sites (N-methyl/N-ethyl adjacent to an activating group) is 1. The lowest BCUT2D eigenvalue weighted by Gasteiger charge is -2.21. The molecule has 0 aliphatic heterocycles. The first kappa shape index (κ1) is 16.8. The molecule has 20 heavy (non-hydrogen) atoms. The molecule has 1 aromatic rings. The fourth-order valence-corrected chi connectivity index (χ4v) is 1.83. The van der Waals surface area contributed by atoms with Crippen LogP contribution >= 0.6 is 11.6 Å². The van der Waals surface area contributed by atoms with Crippen molar-refractivity contribution in [3.63, 3.8) is 0 Å². The van der Waals surface area contributed by atoms with Crippen molar-refractivity contribution in [2.24, 2.45) is 0 Å². The molecule has 0 bridgehead atoms. The predicted octanol–water partition coefficient (Wildman–Crippen LogP) is 2.70. The van der Waals surface area contributed by atoms with Crippen LogP contribution in [0.5, 0.6) is 5.75 Å². The highest BCUT2D eigenvalue weighted by Gasteiger charge is 2.13. The standard InChI is InChI=1S/C15H23ClN2O2/c1-5-17-9-12-6-7-14(13(16)8-12)20-10-15(19)18(4)11(2)3/h6-8,11,17H,5,9-10H2,1-4H3. The minimum atomic E-state index is -0.0622. The number of nitrogens with zero attached hydrogens (tertiary/aromatic N) is 1. The molecular weight excluding hydrogens is 276 g/mol. The van der Waals surface area contributed by atoms with Gasteiger partial charge in [-0.1, -0.05) is 24.6 Å². The number of benzene rings is 1. The normalized spacial score (nSPS) is 10.7. The summed E-state index contributed by atoms with van der Waals surface area (Å²) in [6.07, 6.45) is 0. The van der Waals surface area contributed by atoms with Gasteiger partial charge in [0.2, 0.25) is 0 Å². The molecule has 0 aliphatic rings. The van der Waals surface area contributed by atoms with Crippen molar-refractivity contribution in [1.82, 2.24) is 10.2 Å². The molecule has 0 saturated heterocycles. The summed E-state index contributed by atoms with van der Waals surface area (Å²) in [7, 11) is 1.76. The van der Waals surface area contributed by atoms with E-state index in [1.807, 2.05) is 26.0 Å². The number of nitrogens with one attached hydrogen (secondary N) is 1. The minimum Gasteiger partial charge on any atom is -0.482 e. The maximum atomic E-state index is 11.8. The van der Waals surface area contributed by atoms with E-state index in [-0.39, 0.29) is 18.6 Å². The summed E-state index contributed by atoms with van der Waals surface area (Å²) >= 11 is 6.16. The number of carbonyl (C=O) groups excluding carboxylic acids is 1. The van der Waals surface area contributed by atoms with Crippen molar-refractivity contribution in [2.75, 3.05) is 20.2 Å². The third-order valence-electron chi connectivity index (χ3n) is 3.09. The van der Waals surface area contributed by atoms with Gasteiger partial charge in [-0.05, 0) is 38.1 Å². The lowest BCUT2D eigenvalue weighted by Crippen LogP contribution is -2.36. The fourth-order valence-electron chi connectivity index (χ4n) is 1.57. The molecule has 1 aromatic carbocycles. The van der Waals surface area contributed by atoms with Crippen molar-refractivity contribution in [3.8, 4) is 5.75 Å². The maximum absolute atomic E-state index is 11.8. The molecule has 1 N–H and O–H groups in total. The zero-order valence-electron chi connectivity index (χ0n) is 12.6. The Morgan fingerprint density at radius 1 is 1.45 bits per heavy atom. The summed E-state index contributed by atoms with van der Waals surface area (Å²) in [6, 6.07) is 5.76. The van der Waals surface area contributed by atoms with Gasteiger partial charge in [0.1, 0.15) is 5.75 Å². The Labute approximate surface area is 126 Å². The van der Waals surface area contributed by atoms with Crippen molar-refractivity contribution in [3.05, 3.63) is 28.8 Å². The summed E-state index contributed by atoms with van der Waals surface area (Å²) in [5, 5.41) is 3.76. The first-order chi connectivity index (χ1) is 9.45. The van der Waals surface area contributed by atoms with Crippen LogP contribution in [0.3, 0.4) is 0 Å². The molecule has 0 spiro atoms. The molecule has 4 nitrogen and oxygen atoms in total. The van der Waals surface area contributed by atoms with Gasteiger partial charge in [0.05, 0.1) is 5.02 Å². The largest absolute Gasteiger partial charge is 0.482 e. The van der Waals surface area contributed by atoms with E-state index in [1.165, 1.54) is 0 Å².